The smallest absolute Gasteiger partial charge is 0.223 e. The van der Waals surface area contributed by atoms with Crippen molar-refractivity contribution in [3.05, 3.63) is 23.8 Å². The number of rotatable bonds is 2. The molecule has 1 aliphatic heterocycles. The van der Waals surface area contributed by atoms with Gasteiger partial charge >= 0.3 is 0 Å². The summed E-state index contributed by atoms with van der Waals surface area (Å²) in [6.07, 6.45) is 1.70. The summed E-state index contributed by atoms with van der Waals surface area (Å²) < 4.78 is 23.6. The molecule has 0 aromatic heterocycles. The Morgan fingerprint density at radius 3 is 2.72 bits per heavy atom. The van der Waals surface area contributed by atoms with Crippen molar-refractivity contribution in [1.29, 1.82) is 0 Å². The summed E-state index contributed by atoms with van der Waals surface area (Å²) in [5.74, 6) is 0.101. The molecule has 0 radical (unpaired) electrons. The Balaban J connectivity index is 2.48. The highest BCUT2D eigenvalue weighted by Gasteiger charge is 2.22. The molecule has 0 bridgehead atoms. The molecule has 1 aromatic rings. The molecule has 1 heterocycles. The number of amides is 1. The quantitative estimate of drug-likeness (QED) is 0.820. The Hall–Kier alpha value is -1.36. The lowest BCUT2D eigenvalue weighted by atomic mass is 10.0. The number of anilines is 1. The van der Waals surface area contributed by atoms with Crippen LogP contribution in [0.2, 0.25) is 0 Å². The number of carbonyl (C=O) groups excluding carboxylic acids is 1. The molecule has 0 aliphatic carbocycles. The molecule has 0 unspecified atom stereocenters. The number of fused-ring (bicyclic) bond motifs is 1. The number of benzene rings is 1. The summed E-state index contributed by atoms with van der Waals surface area (Å²) in [6, 6.07) is 5.06. The monoisotopic (exact) mass is 267 g/mol. The van der Waals surface area contributed by atoms with Crippen molar-refractivity contribution in [1.82, 2.24) is 0 Å². The third kappa shape index (κ3) is 2.27. The van der Waals surface area contributed by atoms with Gasteiger partial charge in [-0.3, -0.25) is 4.79 Å². The maximum Gasteiger partial charge on any atom is 0.223 e. The van der Waals surface area contributed by atoms with E-state index in [0.29, 0.717) is 11.4 Å². The van der Waals surface area contributed by atoms with Crippen LogP contribution in [0, 0.1) is 0 Å². The van der Waals surface area contributed by atoms with Crippen molar-refractivity contribution < 1.29 is 13.2 Å². The molecule has 98 valence electrons. The van der Waals surface area contributed by atoms with E-state index in [4.69, 9.17) is 0 Å². The van der Waals surface area contributed by atoms with Crippen LogP contribution in [0.3, 0.4) is 0 Å². The first kappa shape index (κ1) is 13.1. The van der Waals surface area contributed by atoms with E-state index < -0.39 is 9.84 Å². The number of hydrogen-bond acceptors (Lipinski definition) is 3. The molecule has 0 atom stereocenters. The van der Waals surface area contributed by atoms with Crippen LogP contribution in [0.4, 0.5) is 5.69 Å². The number of carbonyl (C=O) groups is 1. The second-order valence-electron chi connectivity index (χ2n) is 4.47. The van der Waals surface area contributed by atoms with Crippen molar-refractivity contribution in [2.75, 3.05) is 17.2 Å². The van der Waals surface area contributed by atoms with Gasteiger partial charge in [-0.2, -0.15) is 0 Å². The Bertz CT molecular complexity index is 578. The second kappa shape index (κ2) is 4.72. The minimum atomic E-state index is -3.17. The molecule has 1 aromatic carbocycles. The molecule has 1 amide bonds. The summed E-state index contributed by atoms with van der Waals surface area (Å²) in [5.41, 5.74) is 1.80. The highest BCUT2D eigenvalue weighted by molar-refractivity contribution is 7.91. The van der Waals surface area contributed by atoms with Gasteiger partial charge in [-0.05, 0) is 36.6 Å². The Morgan fingerprint density at radius 2 is 2.11 bits per heavy atom. The van der Waals surface area contributed by atoms with Gasteiger partial charge in [0.05, 0.1) is 10.6 Å². The average Bonchev–Trinajstić information content (AvgIpc) is 2.37. The van der Waals surface area contributed by atoms with Crippen molar-refractivity contribution in [3.63, 3.8) is 0 Å². The van der Waals surface area contributed by atoms with Gasteiger partial charge in [0.2, 0.25) is 5.91 Å². The number of nitrogens with zero attached hydrogens (tertiary/aromatic N) is 1. The molecule has 0 fully saturated rings. The highest BCUT2D eigenvalue weighted by Crippen LogP contribution is 2.29. The van der Waals surface area contributed by atoms with Crippen LogP contribution in [0.25, 0.3) is 0 Å². The maximum atomic E-state index is 11.8. The fraction of sp³-hybridized carbons (Fsp3) is 0.462. The Labute approximate surface area is 108 Å². The molecule has 0 spiro atoms. The fourth-order valence-electron chi connectivity index (χ4n) is 2.26. The van der Waals surface area contributed by atoms with Gasteiger partial charge in [-0.25, -0.2) is 8.42 Å². The molecule has 0 saturated carbocycles. The third-order valence-corrected chi connectivity index (χ3v) is 5.02. The largest absolute Gasteiger partial charge is 0.312 e. The Morgan fingerprint density at radius 1 is 1.39 bits per heavy atom. The van der Waals surface area contributed by atoms with Crippen molar-refractivity contribution in [3.8, 4) is 0 Å². The number of sulfone groups is 1. The SMILES string of the molecule is CCS(=O)(=O)c1ccc2c(c1)CCCN2C(C)=O. The zero-order valence-electron chi connectivity index (χ0n) is 10.6. The normalized spacial score (nSPS) is 15.3. The van der Waals surface area contributed by atoms with E-state index in [-0.39, 0.29) is 11.7 Å². The summed E-state index contributed by atoms with van der Waals surface area (Å²) in [4.78, 5) is 13.6. The summed E-state index contributed by atoms with van der Waals surface area (Å²) >= 11 is 0. The number of aryl methyl sites for hydroxylation is 1. The van der Waals surface area contributed by atoms with Crippen LogP contribution < -0.4 is 4.90 Å². The van der Waals surface area contributed by atoms with E-state index in [1.54, 1.807) is 30.0 Å². The lowest BCUT2D eigenvalue weighted by Gasteiger charge is -2.28. The van der Waals surface area contributed by atoms with Crippen molar-refractivity contribution in [2.24, 2.45) is 0 Å². The summed E-state index contributed by atoms with van der Waals surface area (Å²) in [5, 5.41) is 0. The Kier molecular flexibility index (Phi) is 3.43. The average molecular weight is 267 g/mol. The first-order valence-corrected chi connectivity index (χ1v) is 7.74. The van der Waals surface area contributed by atoms with E-state index in [1.165, 1.54) is 6.92 Å². The predicted octanol–water partition coefficient (Wildman–Crippen LogP) is 1.78. The van der Waals surface area contributed by atoms with Crippen LogP contribution >= 0.6 is 0 Å². The second-order valence-corrected chi connectivity index (χ2v) is 6.75. The lowest BCUT2D eigenvalue weighted by Crippen LogP contribution is -2.33. The summed E-state index contributed by atoms with van der Waals surface area (Å²) in [6.45, 7) is 3.88. The minimum Gasteiger partial charge on any atom is -0.312 e. The predicted molar refractivity (Wildman–Crippen MR) is 70.5 cm³/mol. The van der Waals surface area contributed by atoms with Gasteiger partial charge < -0.3 is 4.90 Å². The van der Waals surface area contributed by atoms with Crippen LogP contribution in [0.1, 0.15) is 25.8 Å². The molecule has 18 heavy (non-hydrogen) atoms. The van der Waals surface area contributed by atoms with Gasteiger partial charge in [-0.1, -0.05) is 6.92 Å². The molecule has 5 heteroatoms. The van der Waals surface area contributed by atoms with Gasteiger partial charge in [0.15, 0.2) is 9.84 Å². The van der Waals surface area contributed by atoms with E-state index in [1.807, 2.05) is 0 Å². The third-order valence-electron chi connectivity index (χ3n) is 3.29. The molecular formula is C13H17NO3S. The van der Waals surface area contributed by atoms with Crippen LogP contribution in [0.15, 0.2) is 23.1 Å². The molecule has 2 rings (SSSR count). The first-order chi connectivity index (χ1) is 8.45. The van der Waals surface area contributed by atoms with E-state index in [2.05, 4.69) is 0 Å². The van der Waals surface area contributed by atoms with Crippen molar-refractivity contribution in [2.45, 2.75) is 31.6 Å². The van der Waals surface area contributed by atoms with Crippen LogP contribution in [-0.4, -0.2) is 26.6 Å². The zero-order valence-corrected chi connectivity index (χ0v) is 11.5. The van der Waals surface area contributed by atoms with E-state index >= 15 is 0 Å². The zero-order chi connectivity index (χ0) is 13.3. The maximum absolute atomic E-state index is 11.8. The number of hydrogen-bond donors (Lipinski definition) is 0. The molecule has 4 nitrogen and oxygen atoms in total. The van der Waals surface area contributed by atoms with Gasteiger partial charge in [-0.15, -0.1) is 0 Å². The van der Waals surface area contributed by atoms with Crippen LogP contribution in [0.5, 0.6) is 0 Å². The molecule has 1 aliphatic rings. The van der Waals surface area contributed by atoms with E-state index in [0.717, 1.165) is 24.1 Å². The van der Waals surface area contributed by atoms with Gasteiger partial charge in [0.1, 0.15) is 0 Å². The van der Waals surface area contributed by atoms with Crippen LogP contribution in [-0.2, 0) is 21.1 Å². The molecular weight excluding hydrogens is 250 g/mol. The topological polar surface area (TPSA) is 54.5 Å². The molecule has 0 N–H and O–H groups in total. The highest BCUT2D eigenvalue weighted by atomic mass is 32.2. The minimum absolute atomic E-state index is 0.00190. The first-order valence-electron chi connectivity index (χ1n) is 6.09. The lowest BCUT2D eigenvalue weighted by molar-refractivity contribution is -0.116. The summed E-state index contributed by atoms with van der Waals surface area (Å²) in [7, 11) is -3.17. The molecule has 0 saturated heterocycles. The van der Waals surface area contributed by atoms with Gasteiger partial charge in [0, 0.05) is 19.2 Å². The van der Waals surface area contributed by atoms with Gasteiger partial charge in [0.25, 0.3) is 0 Å². The van der Waals surface area contributed by atoms with E-state index in [9.17, 15) is 13.2 Å². The standard InChI is InChI=1S/C13H17NO3S/c1-3-18(16,17)12-6-7-13-11(9-12)5-4-8-14(13)10(2)15/h6-7,9H,3-5,8H2,1-2H3. The fourth-order valence-corrected chi connectivity index (χ4v) is 3.19. The van der Waals surface area contributed by atoms with Crippen molar-refractivity contribution >= 4 is 21.4 Å².